The zero-order valence-electron chi connectivity index (χ0n) is 6.78. The minimum atomic E-state index is 0.0899. The summed E-state index contributed by atoms with van der Waals surface area (Å²) in [6, 6.07) is 5.01. The Morgan fingerprint density at radius 2 is 2.25 bits per heavy atom. The Bertz CT molecular complexity index is 262. The van der Waals surface area contributed by atoms with Crippen molar-refractivity contribution in [1.29, 1.82) is 0 Å². The van der Waals surface area contributed by atoms with E-state index in [0.29, 0.717) is 5.75 Å². The van der Waals surface area contributed by atoms with Gasteiger partial charge in [0.15, 0.2) is 11.5 Å². The number of ether oxygens (including phenoxy) is 1. The molecule has 0 saturated heterocycles. The van der Waals surface area contributed by atoms with Crippen LogP contribution in [0, 0.1) is 0 Å². The van der Waals surface area contributed by atoms with Gasteiger partial charge in [-0.1, -0.05) is 12.1 Å². The van der Waals surface area contributed by atoms with Crippen molar-refractivity contribution in [3.05, 3.63) is 23.8 Å². The molecule has 4 heteroatoms. The van der Waals surface area contributed by atoms with Crippen LogP contribution >= 0.6 is 0 Å². The largest absolute Gasteiger partial charge is 0.504 e. The number of rotatable bonds is 3. The van der Waals surface area contributed by atoms with Gasteiger partial charge in [0.1, 0.15) is 0 Å². The van der Waals surface area contributed by atoms with Crippen molar-refractivity contribution in [1.82, 2.24) is 0 Å². The summed E-state index contributed by atoms with van der Waals surface area (Å²) in [5.74, 6) is 5.39. The van der Waals surface area contributed by atoms with Gasteiger partial charge >= 0.3 is 0 Å². The van der Waals surface area contributed by atoms with Crippen LogP contribution in [0.1, 0.15) is 5.56 Å². The second kappa shape index (κ2) is 3.94. The minimum Gasteiger partial charge on any atom is -0.504 e. The fraction of sp³-hybridized carbons (Fsp3) is 0.250. The Morgan fingerprint density at radius 1 is 1.50 bits per heavy atom. The highest BCUT2D eigenvalue weighted by molar-refractivity contribution is 5.45. The van der Waals surface area contributed by atoms with Crippen molar-refractivity contribution < 1.29 is 14.7 Å². The van der Waals surface area contributed by atoms with E-state index in [2.05, 4.69) is 4.84 Å². The molecule has 0 aliphatic rings. The summed E-state index contributed by atoms with van der Waals surface area (Å²) < 4.78 is 4.94. The minimum absolute atomic E-state index is 0.0899. The number of methoxy groups -OCH3 is 1. The normalized spacial score (nSPS) is 9.83. The van der Waals surface area contributed by atoms with Crippen LogP contribution in [0.15, 0.2) is 18.2 Å². The highest BCUT2D eigenvalue weighted by Crippen LogP contribution is 2.29. The lowest BCUT2D eigenvalue weighted by Gasteiger charge is -2.07. The number of aromatic hydroxyl groups is 1. The number of phenolic OH excluding ortho intramolecular Hbond substituents is 1. The van der Waals surface area contributed by atoms with Gasteiger partial charge in [0.2, 0.25) is 0 Å². The van der Waals surface area contributed by atoms with Crippen molar-refractivity contribution in [2.45, 2.75) is 6.61 Å². The fourth-order valence-corrected chi connectivity index (χ4v) is 1.01. The lowest BCUT2D eigenvalue weighted by Crippen LogP contribution is -2.00. The van der Waals surface area contributed by atoms with Gasteiger partial charge in [-0.2, -0.15) is 0 Å². The van der Waals surface area contributed by atoms with Gasteiger partial charge in [0, 0.05) is 5.56 Å². The standard InChI is InChI=1S/C8H11NO3/c1-11-8-6(5-12-9)3-2-4-7(8)10/h2-4,10H,5,9H2,1H3. The molecule has 1 aromatic rings. The molecule has 0 saturated carbocycles. The summed E-state index contributed by atoms with van der Waals surface area (Å²) >= 11 is 0. The van der Waals surface area contributed by atoms with Gasteiger partial charge in [0.05, 0.1) is 13.7 Å². The van der Waals surface area contributed by atoms with E-state index >= 15 is 0 Å². The number of benzene rings is 1. The Morgan fingerprint density at radius 3 is 2.83 bits per heavy atom. The highest BCUT2D eigenvalue weighted by atomic mass is 16.6. The Kier molecular flexibility index (Phi) is 2.90. The summed E-state index contributed by atoms with van der Waals surface area (Å²) in [6.07, 6.45) is 0. The van der Waals surface area contributed by atoms with Gasteiger partial charge in [-0.15, -0.1) is 0 Å². The highest BCUT2D eigenvalue weighted by Gasteiger charge is 2.06. The second-order valence-corrected chi connectivity index (χ2v) is 2.28. The van der Waals surface area contributed by atoms with E-state index in [4.69, 9.17) is 10.6 Å². The molecule has 0 atom stereocenters. The summed E-state index contributed by atoms with van der Waals surface area (Å²) in [6.45, 7) is 0.220. The van der Waals surface area contributed by atoms with Crippen molar-refractivity contribution in [3.8, 4) is 11.5 Å². The van der Waals surface area contributed by atoms with E-state index in [1.165, 1.54) is 7.11 Å². The quantitative estimate of drug-likeness (QED) is 0.656. The molecule has 12 heavy (non-hydrogen) atoms. The topological polar surface area (TPSA) is 64.7 Å². The summed E-state index contributed by atoms with van der Waals surface area (Å²) in [7, 11) is 1.48. The molecule has 0 aromatic heterocycles. The van der Waals surface area contributed by atoms with Gasteiger partial charge in [0.25, 0.3) is 0 Å². The zero-order valence-corrected chi connectivity index (χ0v) is 6.78. The van der Waals surface area contributed by atoms with E-state index in [0.717, 1.165) is 5.56 Å². The Labute approximate surface area is 70.5 Å². The predicted octanol–water partition coefficient (Wildman–Crippen LogP) is 0.791. The molecule has 0 fully saturated rings. The number of phenols is 1. The van der Waals surface area contributed by atoms with E-state index in [1.54, 1.807) is 18.2 Å². The van der Waals surface area contributed by atoms with Crippen LogP contribution in [-0.4, -0.2) is 12.2 Å². The molecule has 0 radical (unpaired) electrons. The van der Waals surface area contributed by atoms with Gasteiger partial charge < -0.3 is 9.84 Å². The first kappa shape index (κ1) is 8.83. The lowest BCUT2D eigenvalue weighted by atomic mass is 10.2. The Hall–Kier alpha value is -1.26. The molecule has 4 nitrogen and oxygen atoms in total. The molecule has 0 heterocycles. The van der Waals surface area contributed by atoms with Crippen LogP contribution in [0.5, 0.6) is 11.5 Å². The van der Waals surface area contributed by atoms with Gasteiger partial charge in [-0.25, -0.2) is 5.90 Å². The van der Waals surface area contributed by atoms with Crippen LogP contribution in [0.4, 0.5) is 0 Å². The molecular formula is C8H11NO3. The molecule has 66 valence electrons. The van der Waals surface area contributed by atoms with E-state index in [1.807, 2.05) is 0 Å². The monoisotopic (exact) mass is 169 g/mol. The third-order valence-electron chi connectivity index (χ3n) is 1.52. The average Bonchev–Trinajstić information content (AvgIpc) is 2.05. The summed E-state index contributed by atoms with van der Waals surface area (Å²) in [4.78, 5) is 4.43. The van der Waals surface area contributed by atoms with Crippen LogP contribution in [0.25, 0.3) is 0 Å². The number of hydrogen-bond acceptors (Lipinski definition) is 4. The van der Waals surface area contributed by atoms with Crippen molar-refractivity contribution in [2.75, 3.05) is 7.11 Å². The second-order valence-electron chi connectivity index (χ2n) is 2.28. The summed E-state index contributed by atoms with van der Waals surface area (Å²) in [5, 5.41) is 9.30. The van der Waals surface area contributed by atoms with Crippen LogP contribution in [0.3, 0.4) is 0 Å². The van der Waals surface area contributed by atoms with Crippen LogP contribution in [0.2, 0.25) is 0 Å². The van der Waals surface area contributed by atoms with Gasteiger partial charge in [-0.05, 0) is 6.07 Å². The van der Waals surface area contributed by atoms with Crippen molar-refractivity contribution >= 4 is 0 Å². The van der Waals surface area contributed by atoms with E-state index < -0.39 is 0 Å². The molecule has 0 aliphatic carbocycles. The van der Waals surface area contributed by atoms with Gasteiger partial charge in [-0.3, -0.25) is 4.84 Å². The number of nitrogens with two attached hydrogens (primary N) is 1. The smallest absolute Gasteiger partial charge is 0.166 e. The first-order valence-electron chi connectivity index (χ1n) is 3.46. The first-order chi connectivity index (χ1) is 5.79. The number of para-hydroxylation sites is 1. The molecule has 0 spiro atoms. The molecule has 0 unspecified atom stereocenters. The maximum absolute atomic E-state index is 9.30. The maximum atomic E-state index is 9.30. The molecule has 0 amide bonds. The number of hydrogen-bond donors (Lipinski definition) is 2. The third kappa shape index (κ3) is 1.66. The Balaban J connectivity index is 3.00. The zero-order chi connectivity index (χ0) is 8.97. The SMILES string of the molecule is COc1c(O)cccc1CON. The molecule has 1 aromatic carbocycles. The van der Waals surface area contributed by atoms with E-state index in [-0.39, 0.29) is 12.4 Å². The average molecular weight is 169 g/mol. The summed E-state index contributed by atoms with van der Waals surface area (Å²) in [5.41, 5.74) is 0.722. The molecule has 0 bridgehead atoms. The lowest BCUT2D eigenvalue weighted by molar-refractivity contribution is 0.121. The van der Waals surface area contributed by atoms with Crippen molar-refractivity contribution in [3.63, 3.8) is 0 Å². The molecule has 3 N–H and O–H groups in total. The molecular weight excluding hydrogens is 158 g/mol. The third-order valence-corrected chi connectivity index (χ3v) is 1.52. The maximum Gasteiger partial charge on any atom is 0.166 e. The molecule has 0 aliphatic heterocycles. The first-order valence-corrected chi connectivity index (χ1v) is 3.46. The van der Waals surface area contributed by atoms with Crippen molar-refractivity contribution in [2.24, 2.45) is 5.90 Å². The van der Waals surface area contributed by atoms with E-state index in [9.17, 15) is 5.11 Å². The predicted molar refractivity (Wildman–Crippen MR) is 43.6 cm³/mol. The van der Waals surface area contributed by atoms with Crippen LogP contribution < -0.4 is 10.6 Å². The fourth-order valence-electron chi connectivity index (χ4n) is 1.01. The molecule has 1 rings (SSSR count). The van der Waals surface area contributed by atoms with Crippen LogP contribution in [-0.2, 0) is 11.4 Å².